The lowest BCUT2D eigenvalue weighted by molar-refractivity contribution is 0.488. The third-order valence-corrected chi connectivity index (χ3v) is 11.0. The van der Waals surface area contributed by atoms with Crippen molar-refractivity contribution in [3.8, 4) is 34.0 Å². The van der Waals surface area contributed by atoms with E-state index in [-0.39, 0.29) is 6.71 Å². The Hall–Kier alpha value is -6.00. The van der Waals surface area contributed by atoms with E-state index >= 15 is 0 Å². The van der Waals surface area contributed by atoms with Crippen molar-refractivity contribution >= 4 is 66.7 Å². The zero-order valence-electron chi connectivity index (χ0n) is 27.6. The maximum Gasteiger partial charge on any atom is 0.256 e. The van der Waals surface area contributed by atoms with Gasteiger partial charge in [-0.15, -0.1) is 0 Å². The number of para-hydroxylation sites is 3. The van der Waals surface area contributed by atoms with Crippen LogP contribution in [0.1, 0.15) is 16.7 Å². The first kappa shape index (κ1) is 27.0. The molecule has 0 atom stereocenters. The normalized spacial score (nSPS) is 12.9. The average molecular weight is 627 g/mol. The fourth-order valence-electron chi connectivity index (χ4n) is 9.24. The van der Waals surface area contributed by atoms with E-state index in [4.69, 9.17) is 4.74 Å². The van der Waals surface area contributed by atoms with E-state index in [2.05, 4.69) is 163 Å². The number of fused-ring (bicyclic) bond motifs is 11. The molecular formula is C45H31BN2O. The average Bonchev–Trinajstić information content (AvgIpc) is 3.62. The summed E-state index contributed by atoms with van der Waals surface area (Å²) in [4.78, 5) is 0. The number of hydrogen-bond donors (Lipinski definition) is 0. The maximum absolute atomic E-state index is 6.81. The highest BCUT2D eigenvalue weighted by atomic mass is 16.5. The Morgan fingerprint density at radius 2 is 1.22 bits per heavy atom. The van der Waals surface area contributed by atoms with Crippen molar-refractivity contribution in [1.29, 1.82) is 0 Å². The Balaban J connectivity index is 1.24. The third kappa shape index (κ3) is 3.53. The van der Waals surface area contributed by atoms with Crippen molar-refractivity contribution < 1.29 is 4.74 Å². The molecule has 0 fully saturated rings. The van der Waals surface area contributed by atoms with Gasteiger partial charge < -0.3 is 13.9 Å². The summed E-state index contributed by atoms with van der Waals surface area (Å²) < 4.78 is 11.7. The summed E-state index contributed by atoms with van der Waals surface area (Å²) in [5.41, 5.74) is 17.6. The van der Waals surface area contributed by atoms with Gasteiger partial charge in [0.1, 0.15) is 11.5 Å². The molecule has 3 nitrogen and oxygen atoms in total. The molecule has 0 amide bonds. The van der Waals surface area contributed by atoms with E-state index in [0.717, 1.165) is 11.5 Å². The molecule has 0 saturated carbocycles. The summed E-state index contributed by atoms with van der Waals surface area (Å²) >= 11 is 0. The largest absolute Gasteiger partial charge is 0.458 e. The molecule has 4 heterocycles. The maximum atomic E-state index is 6.81. The number of nitrogens with zero attached hydrogens (tertiary/aromatic N) is 2. The molecule has 0 saturated heterocycles. The van der Waals surface area contributed by atoms with E-state index in [1.54, 1.807) is 0 Å². The van der Waals surface area contributed by atoms with Gasteiger partial charge in [-0.25, -0.2) is 0 Å². The van der Waals surface area contributed by atoms with Gasteiger partial charge in [0.25, 0.3) is 6.71 Å². The number of ether oxygens (including phenoxy) is 1. The highest BCUT2D eigenvalue weighted by molar-refractivity contribution is 6.99. The Morgan fingerprint density at radius 1 is 0.510 bits per heavy atom. The Morgan fingerprint density at radius 3 is 2.08 bits per heavy atom. The molecule has 0 aliphatic carbocycles. The summed E-state index contributed by atoms with van der Waals surface area (Å²) in [7, 11) is 0. The van der Waals surface area contributed by atoms with Crippen molar-refractivity contribution in [2.24, 2.45) is 0 Å². The molecule has 0 unspecified atom stereocenters. The minimum Gasteiger partial charge on any atom is -0.458 e. The van der Waals surface area contributed by atoms with Crippen LogP contribution in [0.15, 0.2) is 133 Å². The molecule has 0 radical (unpaired) electrons. The molecule has 2 aromatic heterocycles. The minimum absolute atomic E-state index is 0.0647. The van der Waals surface area contributed by atoms with Gasteiger partial charge in [-0.3, -0.25) is 0 Å². The van der Waals surface area contributed by atoms with Gasteiger partial charge in [-0.1, -0.05) is 84.4 Å². The van der Waals surface area contributed by atoms with Gasteiger partial charge in [0.15, 0.2) is 0 Å². The molecule has 0 bridgehead atoms. The number of rotatable bonds is 2. The molecule has 2 aliphatic rings. The number of hydrogen-bond acceptors (Lipinski definition) is 1. The first-order valence-corrected chi connectivity index (χ1v) is 17.1. The van der Waals surface area contributed by atoms with Crippen LogP contribution in [0.3, 0.4) is 0 Å². The summed E-state index contributed by atoms with van der Waals surface area (Å²) in [5, 5.41) is 5.06. The SMILES string of the molecule is Cc1cc(C)c(-c2ccc3c(c2)B2c4ccccc4-n4c5cc6c(cc5c5ccc(c2c54)O3)c2ccccc2n6-c2ccccc2)c(C)c1. The number of aromatic nitrogens is 2. The van der Waals surface area contributed by atoms with E-state index in [0.29, 0.717) is 0 Å². The van der Waals surface area contributed by atoms with Gasteiger partial charge in [0.05, 0.1) is 22.1 Å². The number of benzene rings is 7. The van der Waals surface area contributed by atoms with Crippen molar-refractivity contribution in [3.63, 3.8) is 0 Å². The third-order valence-electron chi connectivity index (χ3n) is 11.0. The Bertz CT molecular complexity index is 2870. The lowest BCUT2D eigenvalue weighted by Gasteiger charge is -2.33. The second-order valence-electron chi connectivity index (χ2n) is 13.9. The quantitative estimate of drug-likeness (QED) is 0.175. The Kier molecular flexibility index (Phi) is 5.26. The molecule has 0 N–H and O–H groups in total. The molecule has 230 valence electrons. The predicted molar refractivity (Wildman–Crippen MR) is 206 cm³/mol. The zero-order chi connectivity index (χ0) is 32.5. The smallest absolute Gasteiger partial charge is 0.256 e. The lowest BCUT2D eigenvalue weighted by Crippen LogP contribution is -2.58. The van der Waals surface area contributed by atoms with Crippen LogP contribution in [0.5, 0.6) is 11.5 Å². The molecule has 2 aliphatic heterocycles. The summed E-state index contributed by atoms with van der Waals surface area (Å²) in [6.45, 7) is 6.70. The summed E-state index contributed by atoms with van der Waals surface area (Å²) in [5.74, 6) is 1.89. The standard InChI is InChI=1S/C45H31BN2O/c1-26-21-27(2)43(28(3)22-26)29-17-19-41-36(23-29)46-35-14-8-10-16-38(35)48-40-25-39-33(24-34(40)32-18-20-42(49-41)44(46)45(32)48)31-13-7-9-15-37(31)47(39)30-11-5-4-6-12-30/h4-25H,1-3H3. The summed E-state index contributed by atoms with van der Waals surface area (Å²) in [6, 6.07) is 49.2. The van der Waals surface area contributed by atoms with Crippen LogP contribution in [-0.2, 0) is 0 Å². The van der Waals surface area contributed by atoms with Crippen LogP contribution in [0.25, 0.3) is 66.1 Å². The van der Waals surface area contributed by atoms with Gasteiger partial charge in [-0.2, -0.15) is 0 Å². The predicted octanol–water partition coefficient (Wildman–Crippen LogP) is 9.41. The van der Waals surface area contributed by atoms with Gasteiger partial charge in [0.2, 0.25) is 0 Å². The van der Waals surface area contributed by atoms with Crippen LogP contribution in [0.4, 0.5) is 0 Å². The van der Waals surface area contributed by atoms with Crippen LogP contribution >= 0.6 is 0 Å². The first-order chi connectivity index (χ1) is 24.0. The highest BCUT2D eigenvalue weighted by Crippen LogP contribution is 2.42. The monoisotopic (exact) mass is 626 g/mol. The zero-order valence-corrected chi connectivity index (χ0v) is 27.6. The van der Waals surface area contributed by atoms with Gasteiger partial charge in [-0.05, 0) is 114 Å². The van der Waals surface area contributed by atoms with Crippen molar-refractivity contribution in [1.82, 2.24) is 9.13 Å². The van der Waals surface area contributed by atoms with Crippen molar-refractivity contribution in [2.45, 2.75) is 20.8 Å². The summed E-state index contributed by atoms with van der Waals surface area (Å²) in [6.07, 6.45) is 0. The van der Waals surface area contributed by atoms with E-state index in [1.807, 2.05) is 0 Å². The molecule has 9 aromatic rings. The lowest BCUT2D eigenvalue weighted by atomic mass is 9.34. The molecule has 11 rings (SSSR count). The van der Waals surface area contributed by atoms with Crippen LogP contribution in [0, 0.1) is 20.8 Å². The van der Waals surface area contributed by atoms with E-state index < -0.39 is 0 Å². The van der Waals surface area contributed by atoms with Crippen LogP contribution in [-0.4, -0.2) is 15.8 Å². The second-order valence-corrected chi connectivity index (χ2v) is 13.9. The highest BCUT2D eigenvalue weighted by Gasteiger charge is 2.40. The van der Waals surface area contributed by atoms with E-state index in [9.17, 15) is 0 Å². The van der Waals surface area contributed by atoms with Crippen LogP contribution in [0.2, 0.25) is 0 Å². The first-order valence-electron chi connectivity index (χ1n) is 17.1. The van der Waals surface area contributed by atoms with Crippen LogP contribution < -0.4 is 21.1 Å². The molecule has 0 spiro atoms. The van der Waals surface area contributed by atoms with Crippen molar-refractivity contribution in [3.05, 3.63) is 150 Å². The topological polar surface area (TPSA) is 19.1 Å². The van der Waals surface area contributed by atoms with E-state index in [1.165, 1.54) is 99.2 Å². The fraction of sp³-hybridized carbons (Fsp3) is 0.0667. The fourth-order valence-corrected chi connectivity index (χ4v) is 9.24. The van der Waals surface area contributed by atoms with Crippen molar-refractivity contribution in [2.75, 3.05) is 0 Å². The molecule has 7 aromatic carbocycles. The second kappa shape index (κ2) is 9.55. The molecule has 49 heavy (non-hydrogen) atoms. The number of aryl methyl sites for hydroxylation is 3. The van der Waals surface area contributed by atoms with Gasteiger partial charge >= 0.3 is 0 Å². The molecular weight excluding hydrogens is 595 g/mol. The van der Waals surface area contributed by atoms with Gasteiger partial charge in [0, 0.05) is 32.9 Å². The molecule has 4 heteroatoms. The Labute approximate surface area is 284 Å². The minimum atomic E-state index is 0.0647.